The number of thiazole rings is 1. The van der Waals surface area contributed by atoms with Gasteiger partial charge in [-0.3, -0.25) is 14.9 Å². The van der Waals surface area contributed by atoms with E-state index in [4.69, 9.17) is 9.47 Å². The van der Waals surface area contributed by atoms with Crippen LogP contribution in [-0.4, -0.2) is 49.0 Å². The highest BCUT2D eigenvalue weighted by Gasteiger charge is 2.21. The summed E-state index contributed by atoms with van der Waals surface area (Å²) >= 11 is 1.22. The molecule has 2 rings (SSSR count). The zero-order valence-corrected chi connectivity index (χ0v) is 18.6. The number of nitrogens with zero attached hydrogens (tertiary/aromatic N) is 2. The van der Waals surface area contributed by atoms with Crippen molar-refractivity contribution in [2.75, 3.05) is 32.6 Å². The van der Waals surface area contributed by atoms with Gasteiger partial charge in [0.1, 0.15) is 17.2 Å². The molecular weight excluding hydrogens is 390 g/mol. The highest BCUT2D eigenvalue weighted by Crippen LogP contribution is 2.24. The van der Waals surface area contributed by atoms with Gasteiger partial charge in [-0.25, -0.2) is 4.98 Å². The molecule has 0 saturated heterocycles. The van der Waals surface area contributed by atoms with Crippen molar-refractivity contribution >= 4 is 28.3 Å². The van der Waals surface area contributed by atoms with Crippen molar-refractivity contribution in [2.24, 2.45) is 11.8 Å². The fraction of sp³-hybridized carbons (Fsp3) is 0.476. The van der Waals surface area contributed by atoms with Gasteiger partial charge >= 0.3 is 0 Å². The van der Waals surface area contributed by atoms with Crippen LogP contribution in [0.4, 0.5) is 5.13 Å². The molecule has 0 unspecified atom stereocenters. The van der Waals surface area contributed by atoms with Gasteiger partial charge in [-0.15, -0.1) is 11.3 Å². The summed E-state index contributed by atoms with van der Waals surface area (Å²) in [5.74, 6) is 1.28. The minimum Gasteiger partial charge on any atom is -0.497 e. The van der Waals surface area contributed by atoms with Crippen LogP contribution in [0.5, 0.6) is 11.5 Å². The Kier molecular flexibility index (Phi) is 8.01. The lowest BCUT2D eigenvalue weighted by Crippen LogP contribution is -2.37. The Bertz CT molecular complexity index is 816. The van der Waals surface area contributed by atoms with Gasteiger partial charge in [0, 0.05) is 30.1 Å². The first-order valence-electron chi connectivity index (χ1n) is 9.52. The number of benzene rings is 1. The van der Waals surface area contributed by atoms with Crippen molar-refractivity contribution in [2.45, 2.75) is 27.7 Å². The number of hydrogen-bond donors (Lipinski definition) is 1. The molecule has 2 amide bonds. The number of anilines is 1. The van der Waals surface area contributed by atoms with Gasteiger partial charge in [0.2, 0.25) is 0 Å². The van der Waals surface area contributed by atoms with Crippen LogP contribution in [0.1, 0.15) is 48.5 Å². The standard InChI is InChI=1S/C21H29N3O4S/c1-13(2)10-24(11-14(3)4)20(26)18-12-29-21(22-18)23-19(25)15-7-16(27-5)9-17(8-15)28-6/h7-9,12-14H,10-11H2,1-6H3,(H,22,23,25). The molecule has 0 aliphatic heterocycles. The first kappa shape index (κ1) is 22.7. The van der Waals surface area contributed by atoms with Crippen molar-refractivity contribution < 1.29 is 19.1 Å². The average molecular weight is 420 g/mol. The van der Waals surface area contributed by atoms with Crippen molar-refractivity contribution in [3.05, 3.63) is 34.8 Å². The van der Waals surface area contributed by atoms with Gasteiger partial charge < -0.3 is 14.4 Å². The highest BCUT2D eigenvalue weighted by molar-refractivity contribution is 7.14. The van der Waals surface area contributed by atoms with E-state index in [1.165, 1.54) is 25.6 Å². The predicted molar refractivity (Wildman–Crippen MR) is 115 cm³/mol. The Balaban J connectivity index is 2.15. The summed E-state index contributed by atoms with van der Waals surface area (Å²) in [6, 6.07) is 4.92. The summed E-state index contributed by atoms with van der Waals surface area (Å²) in [7, 11) is 3.05. The van der Waals surface area contributed by atoms with E-state index < -0.39 is 0 Å². The molecule has 0 fully saturated rings. The maximum Gasteiger partial charge on any atom is 0.273 e. The van der Waals surface area contributed by atoms with Gasteiger partial charge in [-0.2, -0.15) is 0 Å². The third kappa shape index (κ3) is 6.45. The first-order chi connectivity index (χ1) is 13.7. The van der Waals surface area contributed by atoms with Crippen LogP contribution >= 0.6 is 11.3 Å². The number of amides is 2. The molecule has 2 aromatic rings. The molecule has 1 aromatic carbocycles. The number of carbonyl (C=O) groups excluding carboxylic acids is 2. The lowest BCUT2D eigenvalue weighted by molar-refractivity contribution is 0.0710. The Morgan fingerprint density at radius 2 is 1.59 bits per heavy atom. The third-order valence-corrected chi connectivity index (χ3v) is 4.77. The van der Waals surface area contributed by atoms with E-state index in [-0.39, 0.29) is 11.8 Å². The van der Waals surface area contributed by atoms with Crippen molar-refractivity contribution in [1.82, 2.24) is 9.88 Å². The second-order valence-corrected chi connectivity index (χ2v) is 8.45. The second-order valence-electron chi connectivity index (χ2n) is 7.59. The third-order valence-electron chi connectivity index (χ3n) is 4.02. The summed E-state index contributed by atoms with van der Waals surface area (Å²) in [5, 5.41) is 4.79. The van der Waals surface area contributed by atoms with Crippen LogP contribution < -0.4 is 14.8 Å². The maximum absolute atomic E-state index is 12.9. The number of hydrogen-bond acceptors (Lipinski definition) is 6. The lowest BCUT2D eigenvalue weighted by Gasteiger charge is -2.25. The number of aromatic nitrogens is 1. The van der Waals surface area contributed by atoms with Crippen LogP contribution in [0.3, 0.4) is 0 Å². The molecule has 8 heteroatoms. The Hall–Kier alpha value is -2.61. The molecule has 0 bridgehead atoms. The fourth-order valence-corrected chi connectivity index (χ4v) is 3.50. The van der Waals surface area contributed by atoms with E-state index in [1.54, 1.807) is 23.6 Å². The van der Waals surface area contributed by atoms with E-state index in [0.29, 0.717) is 52.8 Å². The molecule has 0 spiro atoms. The normalized spacial score (nSPS) is 10.9. The summed E-state index contributed by atoms with van der Waals surface area (Å²) < 4.78 is 10.4. The molecule has 158 valence electrons. The van der Waals surface area contributed by atoms with Crippen LogP contribution in [-0.2, 0) is 0 Å². The van der Waals surface area contributed by atoms with Gasteiger partial charge in [-0.1, -0.05) is 27.7 Å². The number of ether oxygens (including phenoxy) is 2. The molecule has 0 radical (unpaired) electrons. The summed E-state index contributed by atoms with van der Waals surface area (Å²) in [5.41, 5.74) is 0.723. The Morgan fingerprint density at radius 1 is 1.03 bits per heavy atom. The summed E-state index contributed by atoms with van der Waals surface area (Å²) in [6.45, 7) is 9.65. The van der Waals surface area contributed by atoms with E-state index in [1.807, 2.05) is 4.90 Å². The molecule has 7 nitrogen and oxygen atoms in total. The van der Waals surface area contributed by atoms with E-state index in [9.17, 15) is 9.59 Å². The van der Waals surface area contributed by atoms with E-state index in [2.05, 4.69) is 38.0 Å². The summed E-state index contributed by atoms with van der Waals surface area (Å²) in [6.07, 6.45) is 0. The van der Waals surface area contributed by atoms with Gasteiger partial charge in [0.25, 0.3) is 11.8 Å². The Labute approximate surface area is 176 Å². The minimum atomic E-state index is -0.350. The average Bonchev–Trinajstić information content (AvgIpc) is 3.14. The van der Waals surface area contributed by atoms with E-state index >= 15 is 0 Å². The van der Waals surface area contributed by atoms with Gasteiger partial charge in [0.05, 0.1) is 14.2 Å². The Morgan fingerprint density at radius 3 is 2.07 bits per heavy atom. The number of rotatable bonds is 9. The predicted octanol–water partition coefficient (Wildman–Crippen LogP) is 4.17. The number of carbonyl (C=O) groups is 2. The van der Waals surface area contributed by atoms with Crippen LogP contribution in [0.15, 0.2) is 23.6 Å². The maximum atomic E-state index is 12.9. The van der Waals surface area contributed by atoms with Crippen LogP contribution in [0.2, 0.25) is 0 Å². The van der Waals surface area contributed by atoms with Crippen LogP contribution in [0.25, 0.3) is 0 Å². The monoisotopic (exact) mass is 419 g/mol. The quantitative estimate of drug-likeness (QED) is 0.660. The topological polar surface area (TPSA) is 80.8 Å². The molecule has 1 aromatic heterocycles. The van der Waals surface area contributed by atoms with Crippen molar-refractivity contribution in [1.29, 1.82) is 0 Å². The fourth-order valence-electron chi connectivity index (χ4n) is 2.82. The summed E-state index contributed by atoms with van der Waals surface area (Å²) in [4.78, 5) is 31.6. The molecule has 0 aliphatic carbocycles. The minimum absolute atomic E-state index is 0.118. The second kappa shape index (κ2) is 10.2. The largest absolute Gasteiger partial charge is 0.497 e. The van der Waals surface area contributed by atoms with Crippen molar-refractivity contribution in [3.8, 4) is 11.5 Å². The molecule has 29 heavy (non-hydrogen) atoms. The SMILES string of the molecule is COc1cc(OC)cc(C(=O)Nc2nc(C(=O)N(CC(C)C)CC(C)C)cs2)c1. The molecular formula is C21H29N3O4S. The first-order valence-corrected chi connectivity index (χ1v) is 10.4. The lowest BCUT2D eigenvalue weighted by atomic mass is 10.1. The van der Waals surface area contributed by atoms with E-state index in [0.717, 1.165) is 0 Å². The number of nitrogens with one attached hydrogen (secondary N) is 1. The molecule has 0 aliphatic rings. The van der Waals surface area contributed by atoms with Crippen LogP contribution in [0, 0.1) is 11.8 Å². The van der Waals surface area contributed by atoms with Gasteiger partial charge in [-0.05, 0) is 24.0 Å². The smallest absolute Gasteiger partial charge is 0.273 e. The molecule has 0 saturated carbocycles. The highest BCUT2D eigenvalue weighted by atomic mass is 32.1. The zero-order valence-electron chi connectivity index (χ0n) is 17.8. The molecule has 1 N–H and O–H groups in total. The number of methoxy groups -OCH3 is 2. The molecule has 1 heterocycles. The molecule has 0 atom stereocenters. The van der Waals surface area contributed by atoms with Gasteiger partial charge in [0.15, 0.2) is 5.13 Å². The van der Waals surface area contributed by atoms with Crippen molar-refractivity contribution in [3.63, 3.8) is 0 Å². The zero-order chi connectivity index (χ0) is 21.6.